The number of nitrogens with zero attached hydrogens (tertiary/aromatic N) is 4. The molecule has 0 bridgehead atoms. The maximum absolute atomic E-state index is 13.3. The monoisotopic (exact) mass is 462 g/mol. The molecule has 1 aliphatic heterocycles. The van der Waals surface area contributed by atoms with E-state index in [9.17, 15) is 9.59 Å². The lowest BCUT2D eigenvalue weighted by Gasteiger charge is -2.20. The molecule has 0 saturated heterocycles. The molecule has 33 heavy (non-hydrogen) atoms. The molecule has 0 spiro atoms. The smallest absolute Gasteiger partial charge is 0.263 e. The molecule has 0 aliphatic carbocycles. The summed E-state index contributed by atoms with van der Waals surface area (Å²) in [5.41, 5.74) is 2.34. The van der Waals surface area contributed by atoms with Crippen molar-refractivity contribution in [3.05, 3.63) is 81.1 Å². The number of carbonyl (C=O) groups excluding carboxylic acids is 1. The summed E-state index contributed by atoms with van der Waals surface area (Å²) < 4.78 is 12.2. The van der Waals surface area contributed by atoms with Crippen molar-refractivity contribution >= 4 is 33.2 Å². The molecule has 9 heteroatoms. The highest BCUT2D eigenvalue weighted by Gasteiger charge is 2.35. The average molecular weight is 463 g/mol. The van der Waals surface area contributed by atoms with E-state index in [1.54, 1.807) is 19.4 Å². The van der Waals surface area contributed by atoms with Crippen LogP contribution in [0.15, 0.2) is 63.3 Å². The number of ether oxygens (including phenoxy) is 1. The topological polar surface area (TPSA) is 89.9 Å². The number of aromatic nitrogens is 2. The summed E-state index contributed by atoms with van der Waals surface area (Å²) in [6, 6.07) is 10.8. The normalized spacial score (nSPS) is 15.8. The fourth-order valence-electron chi connectivity index (χ4n) is 4.00. The molecular weight excluding hydrogens is 440 g/mol. The molecule has 4 heterocycles. The van der Waals surface area contributed by atoms with Crippen LogP contribution in [-0.2, 0) is 11.3 Å². The van der Waals surface area contributed by atoms with Gasteiger partial charge in [-0.3, -0.25) is 14.2 Å². The maximum Gasteiger partial charge on any atom is 0.263 e. The first kappa shape index (κ1) is 21.1. The minimum absolute atomic E-state index is 0.160. The first-order chi connectivity index (χ1) is 16.0. The minimum Gasteiger partial charge on any atom is -0.497 e. The molecule has 0 N–H and O–H groups in total. The maximum atomic E-state index is 13.3. The van der Waals surface area contributed by atoms with Crippen LogP contribution in [0, 0.1) is 13.8 Å². The highest BCUT2D eigenvalue weighted by molar-refractivity contribution is 7.18. The Hall–Kier alpha value is -3.72. The molecular formula is C24H22N4O4S. The van der Waals surface area contributed by atoms with E-state index in [1.807, 2.05) is 44.2 Å². The molecule has 1 aromatic carbocycles. The number of carbonyl (C=O) groups is 1. The summed E-state index contributed by atoms with van der Waals surface area (Å²) in [5, 5.41) is 6.61. The third-order valence-corrected chi connectivity index (χ3v) is 7.04. The Bertz CT molecular complexity index is 1420. The van der Waals surface area contributed by atoms with Gasteiger partial charge in [-0.05, 0) is 61.4 Å². The molecule has 5 rings (SSSR count). The second-order valence-electron chi connectivity index (χ2n) is 7.89. The van der Waals surface area contributed by atoms with Crippen molar-refractivity contribution in [2.45, 2.75) is 32.9 Å². The van der Waals surface area contributed by atoms with Gasteiger partial charge >= 0.3 is 0 Å². The van der Waals surface area contributed by atoms with Crippen molar-refractivity contribution in [3.63, 3.8) is 0 Å². The molecule has 0 radical (unpaired) electrons. The van der Waals surface area contributed by atoms with Crippen LogP contribution in [0.5, 0.6) is 5.75 Å². The number of amides is 1. The zero-order chi connectivity index (χ0) is 23.1. The van der Waals surface area contributed by atoms with Gasteiger partial charge in [-0.2, -0.15) is 5.10 Å². The van der Waals surface area contributed by atoms with Crippen LogP contribution in [0.3, 0.4) is 0 Å². The Kier molecular flexibility index (Phi) is 5.33. The zero-order valence-electron chi connectivity index (χ0n) is 18.4. The quantitative estimate of drug-likeness (QED) is 0.446. The summed E-state index contributed by atoms with van der Waals surface area (Å²) in [5.74, 6) is 1.07. The Morgan fingerprint density at radius 1 is 1.24 bits per heavy atom. The number of benzene rings is 1. The number of hydrazone groups is 1. The minimum atomic E-state index is -0.387. The number of methoxy groups -OCH3 is 1. The highest BCUT2D eigenvalue weighted by atomic mass is 32.1. The number of rotatable bonds is 5. The van der Waals surface area contributed by atoms with Crippen molar-refractivity contribution in [2.24, 2.45) is 5.10 Å². The van der Waals surface area contributed by atoms with E-state index in [2.05, 4.69) is 10.1 Å². The van der Waals surface area contributed by atoms with Crippen LogP contribution in [0.4, 0.5) is 0 Å². The number of hydrogen-bond donors (Lipinski definition) is 0. The van der Waals surface area contributed by atoms with Crippen molar-refractivity contribution in [1.82, 2.24) is 14.6 Å². The Morgan fingerprint density at radius 2 is 2.03 bits per heavy atom. The second kappa shape index (κ2) is 8.32. The van der Waals surface area contributed by atoms with E-state index in [0.29, 0.717) is 22.4 Å². The van der Waals surface area contributed by atoms with Gasteiger partial charge in [-0.25, -0.2) is 9.99 Å². The number of furan rings is 1. The van der Waals surface area contributed by atoms with Gasteiger partial charge in [0, 0.05) is 11.3 Å². The summed E-state index contributed by atoms with van der Waals surface area (Å²) in [7, 11) is 1.61. The lowest BCUT2D eigenvalue weighted by molar-refractivity contribution is -0.134. The van der Waals surface area contributed by atoms with Crippen molar-refractivity contribution in [1.29, 1.82) is 0 Å². The first-order valence-electron chi connectivity index (χ1n) is 10.5. The molecule has 0 fully saturated rings. The molecule has 1 aliphatic rings. The molecule has 0 unspecified atom stereocenters. The van der Waals surface area contributed by atoms with Crippen LogP contribution < -0.4 is 10.3 Å². The van der Waals surface area contributed by atoms with Gasteiger partial charge < -0.3 is 9.15 Å². The average Bonchev–Trinajstić information content (AvgIpc) is 3.56. The van der Waals surface area contributed by atoms with Crippen LogP contribution >= 0.6 is 11.3 Å². The SMILES string of the molecule is COc1ccc(C2=NN(C(=O)Cn3cnc4sc(C)c(C)c4c3=O)[C@H](c3ccco3)C2)cc1. The van der Waals surface area contributed by atoms with Gasteiger partial charge in [-0.1, -0.05) is 0 Å². The van der Waals surface area contributed by atoms with Crippen molar-refractivity contribution in [2.75, 3.05) is 7.11 Å². The van der Waals surface area contributed by atoms with Gasteiger partial charge in [0.2, 0.25) is 0 Å². The third-order valence-electron chi connectivity index (χ3n) is 5.92. The molecule has 1 atom stereocenters. The lowest BCUT2D eigenvalue weighted by atomic mass is 10.0. The highest BCUT2D eigenvalue weighted by Crippen LogP contribution is 2.33. The van der Waals surface area contributed by atoms with E-state index < -0.39 is 0 Å². The molecule has 4 aromatic rings. The van der Waals surface area contributed by atoms with E-state index in [1.165, 1.54) is 27.2 Å². The van der Waals surface area contributed by atoms with Crippen LogP contribution in [0.25, 0.3) is 10.2 Å². The predicted octanol–water partition coefficient (Wildman–Crippen LogP) is 4.05. The number of aryl methyl sites for hydroxylation is 2. The fraction of sp³-hybridized carbons (Fsp3) is 0.250. The summed E-state index contributed by atoms with van der Waals surface area (Å²) in [4.78, 5) is 32.5. The molecule has 3 aromatic heterocycles. The van der Waals surface area contributed by atoms with Gasteiger partial charge in [-0.15, -0.1) is 11.3 Å². The molecule has 0 saturated carbocycles. The number of fused-ring (bicyclic) bond motifs is 1. The van der Waals surface area contributed by atoms with Crippen LogP contribution in [-0.4, -0.2) is 33.3 Å². The molecule has 1 amide bonds. The van der Waals surface area contributed by atoms with E-state index in [0.717, 1.165) is 27.5 Å². The largest absolute Gasteiger partial charge is 0.497 e. The Morgan fingerprint density at radius 3 is 2.73 bits per heavy atom. The van der Waals surface area contributed by atoms with Crippen molar-refractivity contribution < 1.29 is 13.9 Å². The second-order valence-corrected chi connectivity index (χ2v) is 9.09. The number of hydrogen-bond acceptors (Lipinski definition) is 7. The summed E-state index contributed by atoms with van der Waals surface area (Å²) in [6.07, 6.45) is 3.51. The summed E-state index contributed by atoms with van der Waals surface area (Å²) in [6.45, 7) is 3.71. The Balaban J connectivity index is 1.48. The predicted molar refractivity (Wildman–Crippen MR) is 126 cm³/mol. The third kappa shape index (κ3) is 3.74. The Labute approximate surface area is 193 Å². The van der Waals surface area contributed by atoms with Gasteiger partial charge in [0.15, 0.2) is 0 Å². The van der Waals surface area contributed by atoms with Crippen LogP contribution in [0.1, 0.15) is 34.2 Å². The van der Waals surface area contributed by atoms with Gasteiger partial charge in [0.1, 0.15) is 28.9 Å². The van der Waals surface area contributed by atoms with Crippen molar-refractivity contribution in [3.8, 4) is 5.75 Å². The van der Waals surface area contributed by atoms with E-state index in [-0.39, 0.29) is 24.1 Å². The van der Waals surface area contributed by atoms with E-state index >= 15 is 0 Å². The standard InChI is InChI=1S/C24H22N4O4S/c1-14-15(2)33-23-22(14)24(30)27(13-25-23)12-21(29)28-19(20-5-4-10-32-20)11-18(26-28)16-6-8-17(31-3)9-7-16/h4-10,13,19H,11-12H2,1-3H3/t19-/m0/s1. The van der Waals surface area contributed by atoms with Gasteiger partial charge in [0.25, 0.3) is 11.5 Å². The molecule has 168 valence electrons. The lowest BCUT2D eigenvalue weighted by Crippen LogP contribution is -2.34. The fourth-order valence-corrected chi connectivity index (χ4v) is 4.99. The van der Waals surface area contributed by atoms with Crippen LogP contribution in [0.2, 0.25) is 0 Å². The summed E-state index contributed by atoms with van der Waals surface area (Å²) >= 11 is 1.48. The zero-order valence-corrected chi connectivity index (χ0v) is 19.3. The van der Waals surface area contributed by atoms with Gasteiger partial charge in [0.05, 0.1) is 30.8 Å². The number of thiophene rings is 1. The van der Waals surface area contributed by atoms with E-state index in [4.69, 9.17) is 9.15 Å². The molecule has 8 nitrogen and oxygen atoms in total. The first-order valence-corrected chi connectivity index (χ1v) is 11.3.